The molecule has 2 amide bonds. The summed E-state index contributed by atoms with van der Waals surface area (Å²) >= 11 is 0. The highest BCUT2D eigenvalue weighted by molar-refractivity contribution is 6.04. The Morgan fingerprint density at radius 2 is 1.72 bits per heavy atom. The molecule has 1 heterocycles. The van der Waals surface area contributed by atoms with Crippen LogP contribution in [-0.4, -0.2) is 54.3 Å². The van der Waals surface area contributed by atoms with E-state index in [1.54, 1.807) is 0 Å². The van der Waals surface area contributed by atoms with E-state index >= 15 is 0 Å². The molecular formula is C11H17NO6. The van der Waals surface area contributed by atoms with Crippen LogP contribution in [0.15, 0.2) is 0 Å². The molecule has 1 aliphatic rings. The summed E-state index contributed by atoms with van der Waals surface area (Å²) in [4.78, 5) is 35.0. The molecule has 0 aliphatic carbocycles. The Bertz CT molecular complexity index is 322. The monoisotopic (exact) mass is 259 g/mol. The van der Waals surface area contributed by atoms with Gasteiger partial charge in [0.2, 0.25) is 11.8 Å². The number of rotatable bonds is 7. The van der Waals surface area contributed by atoms with Gasteiger partial charge in [-0.25, -0.2) is 4.79 Å². The number of methoxy groups -OCH3 is 2. The van der Waals surface area contributed by atoms with Crippen molar-refractivity contribution in [3.63, 3.8) is 0 Å². The largest absolute Gasteiger partial charge is 0.480 e. The van der Waals surface area contributed by atoms with Crippen molar-refractivity contribution < 1.29 is 29.0 Å². The Morgan fingerprint density at radius 1 is 1.22 bits per heavy atom. The van der Waals surface area contributed by atoms with Crippen molar-refractivity contribution in [1.29, 1.82) is 0 Å². The lowest BCUT2D eigenvalue weighted by atomic mass is 10.1. The maximum absolute atomic E-state index is 11.5. The molecule has 7 heteroatoms. The molecule has 1 N–H and O–H groups in total. The maximum atomic E-state index is 11.5. The van der Waals surface area contributed by atoms with Gasteiger partial charge < -0.3 is 14.6 Å². The molecule has 7 nitrogen and oxygen atoms in total. The van der Waals surface area contributed by atoms with Gasteiger partial charge in [-0.15, -0.1) is 0 Å². The topological polar surface area (TPSA) is 93.1 Å². The Balaban J connectivity index is 2.68. The van der Waals surface area contributed by atoms with E-state index in [0.717, 1.165) is 4.90 Å². The van der Waals surface area contributed by atoms with Crippen molar-refractivity contribution >= 4 is 17.8 Å². The van der Waals surface area contributed by atoms with Gasteiger partial charge in [0.25, 0.3) is 0 Å². The van der Waals surface area contributed by atoms with Crippen LogP contribution in [-0.2, 0) is 23.9 Å². The van der Waals surface area contributed by atoms with E-state index in [0.29, 0.717) is 6.42 Å². The summed E-state index contributed by atoms with van der Waals surface area (Å²) in [6, 6.07) is -1.14. The number of ether oxygens (including phenoxy) is 2. The Morgan fingerprint density at radius 3 is 2.11 bits per heavy atom. The third-order valence-electron chi connectivity index (χ3n) is 2.89. The van der Waals surface area contributed by atoms with Gasteiger partial charge in [0.15, 0.2) is 6.29 Å². The molecule has 1 atom stereocenters. The average molecular weight is 259 g/mol. The van der Waals surface area contributed by atoms with E-state index < -0.39 is 30.1 Å². The summed E-state index contributed by atoms with van der Waals surface area (Å²) in [6.07, 6.45) is 0.0288. The van der Waals surface area contributed by atoms with Crippen molar-refractivity contribution in [2.75, 3.05) is 14.2 Å². The second-order valence-electron chi connectivity index (χ2n) is 3.99. The summed E-state index contributed by atoms with van der Waals surface area (Å²) in [5, 5.41) is 9.10. The molecule has 1 aliphatic heterocycles. The van der Waals surface area contributed by atoms with Gasteiger partial charge in [0.05, 0.1) is 0 Å². The molecule has 1 unspecified atom stereocenters. The number of aliphatic carboxylic acids is 1. The van der Waals surface area contributed by atoms with E-state index in [1.165, 1.54) is 14.2 Å². The van der Waals surface area contributed by atoms with Gasteiger partial charge in [0, 0.05) is 33.5 Å². The molecule has 0 bridgehead atoms. The second-order valence-corrected chi connectivity index (χ2v) is 3.99. The van der Waals surface area contributed by atoms with Crippen molar-refractivity contribution in [3.05, 3.63) is 0 Å². The van der Waals surface area contributed by atoms with Crippen molar-refractivity contribution in [3.8, 4) is 0 Å². The van der Waals surface area contributed by atoms with Gasteiger partial charge in [-0.2, -0.15) is 0 Å². The van der Waals surface area contributed by atoms with Crippen LogP contribution in [0.25, 0.3) is 0 Å². The fourth-order valence-corrected chi connectivity index (χ4v) is 1.93. The number of amides is 2. The third-order valence-corrected chi connectivity index (χ3v) is 2.89. The van der Waals surface area contributed by atoms with Crippen molar-refractivity contribution in [1.82, 2.24) is 4.90 Å². The quantitative estimate of drug-likeness (QED) is 0.510. The number of carbonyl (C=O) groups excluding carboxylic acids is 2. The Kier molecular flexibility index (Phi) is 5.24. The highest BCUT2D eigenvalue weighted by Crippen LogP contribution is 2.19. The molecule has 0 spiro atoms. The zero-order valence-corrected chi connectivity index (χ0v) is 10.4. The smallest absolute Gasteiger partial charge is 0.326 e. The van der Waals surface area contributed by atoms with Crippen LogP contribution in [0.2, 0.25) is 0 Å². The summed E-state index contributed by atoms with van der Waals surface area (Å²) < 4.78 is 9.88. The van der Waals surface area contributed by atoms with E-state index in [9.17, 15) is 14.4 Å². The van der Waals surface area contributed by atoms with Gasteiger partial charge in [-0.1, -0.05) is 0 Å². The lowest BCUT2D eigenvalue weighted by molar-refractivity contribution is -0.156. The number of nitrogens with zero attached hydrogens (tertiary/aromatic N) is 1. The average Bonchev–Trinajstić information content (AvgIpc) is 2.65. The molecule has 0 aromatic carbocycles. The van der Waals surface area contributed by atoms with E-state index in [1.807, 2.05) is 0 Å². The van der Waals surface area contributed by atoms with Gasteiger partial charge >= 0.3 is 5.97 Å². The van der Waals surface area contributed by atoms with E-state index in [-0.39, 0.29) is 19.3 Å². The number of carboxylic acids is 1. The van der Waals surface area contributed by atoms with E-state index in [4.69, 9.17) is 14.6 Å². The highest BCUT2D eigenvalue weighted by Gasteiger charge is 2.38. The molecule has 1 fully saturated rings. The minimum absolute atomic E-state index is 0.0839. The molecule has 0 radical (unpaired) electrons. The lowest BCUT2D eigenvalue weighted by Crippen LogP contribution is -2.45. The summed E-state index contributed by atoms with van der Waals surface area (Å²) in [5.41, 5.74) is 0. The third kappa shape index (κ3) is 3.27. The Hall–Kier alpha value is -1.47. The molecule has 0 aromatic heterocycles. The first-order chi connectivity index (χ1) is 8.51. The fourth-order valence-electron chi connectivity index (χ4n) is 1.93. The molecule has 0 saturated carbocycles. The van der Waals surface area contributed by atoms with Crippen molar-refractivity contribution in [2.24, 2.45) is 0 Å². The SMILES string of the molecule is COC(CCC(C(=O)O)N1C(=O)CCC1=O)OC. The normalized spacial score (nSPS) is 17.6. The van der Waals surface area contributed by atoms with Crippen LogP contribution >= 0.6 is 0 Å². The van der Waals surface area contributed by atoms with E-state index in [2.05, 4.69) is 0 Å². The van der Waals surface area contributed by atoms with Crippen LogP contribution in [0, 0.1) is 0 Å². The number of imide groups is 1. The van der Waals surface area contributed by atoms with Gasteiger partial charge in [-0.3, -0.25) is 14.5 Å². The number of likely N-dealkylation sites (tertiary alicyclic amines) is 1. The summed E-state index contributed by atoms with van der Waals surface area (Å²) in [6.45, 7) is 0. The lowest BCUT2D eigenvalue weighted by Gasteiger charge is -2.23. The summed E-state index contributed by atoms with van der Waals surface area (Å²) in [5.74, 6) is -2.05. The minimum atomic E-state index is -1.19. The number of hydrogen-bond acceptors (Lipinski definition) is 5. The van der Waals surface area contributed by atoms with Crippen LogP contribution in [0.4, 0.5) is 0 Å². The molecule has 102 valence electrons. The van der Waals surface area contributed by atoms with Crippen LogP contribution in [0.1, 0.15) is 25.7 Å². The molecule has 1 saturated heterocycles. The predicted molar refractivity (Wildman–Crippen MR) is 59.6 cm³/mol. The highest BCUT2D eigenvalue weighted by atomic mass is 16.7. The van der Waals surface area contributed by atoms with Crippen LogP contribution in [0.5, 0.6) is 0 Å². The Labute approximate surface area is 105 Å². The maximum Gasteiger partial charge on any atom is 0.326 e. The minimum Gasteiger partial charge on any atom is -0.480 e. The fraction of sp³-hybridized carbons (Fsp3) is 0.727. The van der Waals surface area contributed by atoms with Crippen molar-refractivity contribution in [2.45, 2.75) is 38.0 Å². The first kappa shape index (κ1) is 14.6. The zero-order chi connectivity index (χ0) is 13.7. The second kappa shape index (κ2) is 6.46. The molecule has 0 aromatic rings. The summed E-state index contributed by atoms with van der Waals surface area (Å²) in [7, 11) is 2.88. The molecule has 18 heavy (non-hydrogen) atoms. The van der Waals surface area contributed by atoms with Gasteiger partial charge in [-0.05, 0) is 6.42 Å². The number of carbonyl (C=O) groups is 3. The standard InChI is InChI=1S/C11H17NO6/c1-17-10(18-2)6-3-7(11(15)16)12-8(13)4-5-9(12)14/h7,10H,3-6H2,1-2H3,(H,15,16). The number of hydrogen-bond donors (Lipinski definition) is 1. The van der Waals surface area contributed by atoms with Gasteiger partial charge in [0.1, 0.15) is 6.04 Å². The number of carboxylic acid groups (broad SMARTS) is 1. The van der Waals surface area contributed by atoms with Crippen LogP contribution < -0.4 is 0 Å². The first-order valence-corrected chi connectivity index (χ1v) is 5.64. The molecular weight excluding hydrogens is 242 g/mol. The first-order valence-electron chi connectivity index (χ1n) is 5.64. The van der Waals surface area contributed by atoms with Crippen LogP contribution in [0.3, 0.4) is 0 Å². The molecule has 1 rings (SSSR count). The predicted octanol–water partition coefficient (Wildman–Crippen LogP) is -0.0123. The zero-order valence-electron chi connectivity index (χ0n) is 10.4.